The molecule has 21 heavy (non-hydrogen) atoms. The standard InChI is InChI=1S/C14H15N3O4/c1-15-9-10-4-3-7-16-14(10)21-13-6-5-11(20-2)8-12(13)17(18)19/h3-8,15H,9H2,1-2H3. The van der Waals surface area contributed by atoms with Crippen molar-refractivity contribution in [3.8, 4) is 17.4 Å². The summed E-state index contributed by atoms with van der Waals surface area (Å²) in [6.07, 6.45) is 1.57. The molecule has 1 N–H and O–H groups in total. The van der Waals surface area contributed by atoms with E-state index in [-0.39, 0.29) is 11.4 Å². The summed E-state index contributed by atoms with van der Waals surface area (Å²) in [6.45, 7) is 0.549. The summed E-state index contributed by atoms with van der Waals surface area (Å²) in [5.74, 6) is 0.850. The molecule has 7 heteroatoms. The number of hydrogen-bond donors (Lipinski definition) is 1. The van der Waals surface area contributed by atoms with Crippen molar-refractivity contribution < 1.29 is 14.4 Å². The van der Waals surface area contributed by atoms with E-state index in [0.29, 0.717) is 18.2 Å². The first-order chi connectivity index (χ1) is 10.2. The number of pyridine rings is 1. The maximum absolute atomic E-state index is 11.1. The normalized spacial score (nSPS) is 10.2. The second kappa shape index (κ2) is 6.67. The summed E-state index contributed by atoms with van der Waals surface area (Å²) < 4.78 is 10.6. The Morgan fingerprint density at radius 1 is 1.38 bits per heavy atom. The number of benzene rings is 1. The van der Waals surface area contributed by atoms with E-state index in [4.69, 9.17) is 9.47 Å². The van der Waals surface area contributed by atoms with Crippen molar-refractivity contribution in [1.29, 1.82) is 0 Å². The van der Waals surface area contributed by atoms with E-state index in [0.717, 1.165) is 5.56 Å². The van der Waals surface area contributed by atoms with Crippen molar-refractivity contribution in [2.24, 2.45) is 0 Å². The third-order valence-electron chi connectivity index (χ3n) is 2.79. The van der Waals surface area contributed by atoms with Crippen molar-refractivity contribution in [2.75, 3.05) is 14.2 Å². The third kappa shape index (κ3) is 3.46. The van der Waals surface area contributed by atoms with Crippen molar-refractivity contribution in [3.63, 3.8) is 0 Å². The zero-order valence-corrected chi connectivity index (χ0v) is 11.7. The Balaban J connectivity index is 2.37. The summed E-state index contributed by atoms with van der Waals surface area (Å²) in [7, 11) is 3.25. The van der Waals surface area contributed by atoms with Gasteiger partial charge in [0.05, 0.1) is 18.1 Å². The quantitative estimate of drug-likeness (QED) is 0.649. The first-order valence-corrected chi connectivity index (χ1v) is 6.24. The van der Waals surface area contributed by atoms with Crippen molar-refractivity contribution >= 4 is 5.69 Å². The average Bonchev–Trinajstić information content (AvgIpc) is 2.49. The van der Waals surface area contributed by atoms with E-state index in [9.17, 15) is 10.1 Å². The molecular formula is C14H15N3O4. The van der Waals surface area contributed by atoms with Crippen LogP contribution < -0.4 is 14.8 Å². The Morgan fingerprint density at radius 3 is 2.86 bits per heavy atom. The fourth-order valence-corrected chi connectivity index (χ4v) is 1.80. The van der Waals surface area contributed by atoms with Gasteiger partial charge in [0.2, 0.25) is 11.6 Å². The number of nitrogens with zero attached hydrogens (tertiary/aromatic N) is 2. The highest BCUT2D eigenvalue weighted by Gasteiger charge is 2.18. The lowest BCUT2D eigenvalue weighted by Gasteiger charge is -2.10. The molecule has 0 saturated heterocycles. The van der Waals surface area contributed by atoms with Crippen LogP contribution in [0.2, 0.25) is 0 Å². The Morgan fingerprint density at radius 2 is 2.19 bits per heavy atom. The van der Waals surface area contributed by atoms with Gasteiger partial charge < -0.3 is 14.8 Å². The van der Waals surface area contributed by atoms with Crippen LogP contribution in [0.3, 0.4) is 0 Å². The van der Waals surface area contributed by atoms with E-state index in [1.807, 2.05) is 6.07 Å². The lowest BCUT2D eigenvalue weighted by molar-refractivity contribution is -0.385. The molecule has 1 aromatic heterocycles. The second-order valence-electron chi connectivity index (χ2n) is 4.19. The maximum Gasteiger partial charge on any atom is 0.315 e. The Hall–Kier alpha value is -2.67. The molecule has 0 fully saturated rings. The molecule has 1 heterocycles. The van der Waals surface area contributed by atoms with Crippen LogP contribution in [0.15, 0.2) is 36.5 Å². The number of aromatic nitrogens is 1. The van der Waals surface area contributed by atoms with Crippen molar-refractivity contribution in [2.45, 2.75) is 6.54 Å². The zero-order chi connectivity index (χ0) is 15.2. The van der Waals surface area contributed by atoms with Crippen LogP contribution in [0, 0.1) is 10.1 Å². The van der Waals surface area contributed by atoms with Gasteiger partial charge in [-0.05, 0) is 25.2 Å². The highest BCUT2D eigenvalue weighted by Crippen LogP contribution is 2.34. The Labute approximate surface area is 121 Å². The first-order valence-electron chi connectivity index (χ1n) is 6.24. The summed E-state index contributed by atoms with van der Waals surface area (Å²) >= 11 is 0. The topological polar surface area (TPSA) is 86.5 Å². The van der Waals surface area contributed by atoms with E-state index in [2.05, 4.69) is 10.3 Å². The molecule has 0 radical (unpaired) electrons. The maximum atomic E-state index is 11.1. The number of ether oxygens (including phenoxy) is 2. The number of nitro groups is 1. The third-order valence-corrected chi connectivity index (χ3v) is 2.79. The predicted molar refractivity (Wildman–Crippen MR) is 76.7 cm³/mol. The van der Waals surface area contributed by atoms with Gasteiger partial charge >= 0.3 is 5.69 Å². The molecule has 0 unspecified atom stereocenters. The van der Waals surface area contributed by atoms with Crippen molar-refractivity contribution in [1.82, 2.24) is 10.3 Å². The highest BCUT2D eigenvalue weighted by atomic mass is 16.6. The lowest BCUT2D eigenvalue weighted by atomic mass is 10.2. The minimum absolute atomic E-state index is 0.122. The predicted octanol–water partition coefficient (Wildman–Crippen LogP) is 2.51. The molecule has 2 aromatic rings. The summed E-state index contributed by atoms with van der Waals surface area (Å²) in [5.41, 5.74) is 0.639. The van der Waals surface area contributed by atoms with E-state index >= 15 is 0 Å². The molecule has 0 amide bonds. The molecule has 110 valence electrons. The fraction of sp³-hybridized carbons (Fsp3) is 0.214. The van der Waals surface area contributed by atoms with E-state index < -0.39 is 4.92 Å². The van der Waals surface area contributed by atoms with Gasteiger partial charge in [0.1, 0.15) is 5.75 Å². The van der Waals surface area contributed by atoms with Gasteiger partial charge in [-0.2, -0.15) is 0 Å². The molecule has 0 saturated carbocycles. The Kier molecular flexibility index (Phi) is 4.68. The summed E-state index contributed by atoms with van der Waals surface area (Å²) in [5, 5.41) is 14.1. The minimum Gasteiger partial charge on any atom is -0.496 e. The van der Waals surface area contributed by atoms with Crippen LogP contribution in [0.5, 0.6) is 17.4 Å². The Bertz CT molecular complexity index is 646. The van der Waals surface area contributed by atoms with Gasteiger partial charge in [-0.1, -0.05) is 6.07 Å². The molecular weight excluding hydrogens is 274 g/mol. The van der Waals surface area contributed by atoms with E-state index in [1.165, 1.54) is 19.2 Å². The van der Waals surface area contributed by atoms with Crippen LogP contribution in [0.1, 0.15) is 5.56 Å². The van der Waals surface area contributed by atoms with Crippen molar-refractivity contribution in [3.05, 3.63) is 52.2 Å². The van der Waals surface area contributed by atoms with Gasteiger partial charge in [0.25, 0.3) is 0 Å². The molecule has 0 bridgehead atoms. The van der Waals surface area contributed by atoms with Crippen LogP contribution in [0.4, 0.5) is 5.69 Å². The van der Waals surface area contributed by atoms with Gasteiger partial charge in [-0.15, -0.1) is 0 Å². The molecule has 0 atom stereocenters. The lowest BCUT2D eigenvalue weighted by Crippen LogP contribution is -2.07. The van der Waals surface area contributed by atoms with Crippen LogP contribution in [-0.4, -0.2) is 24.1 Å². The fourth-order valence-electron chi connectivity index (χ4n) is 1.80. The minimum atomic E-state index is -0.515. The molecule has 2 rings (SSSR count). The van der Waals surface area contributed by atoms with Crippen LogP contribution in [0.25, 0.3) is 0 Å². The van der Waals surface area contributed by atoms with Gasteiger partial charge in [0, 0.05) is 18.3 Å². The zero-order valence-electron chi connectivity index (χ0n) is 11.7. The summed E-state index contributed by atoms with van der Waals surface area (Å²) in [4.78, 5) is 14.7. The summed E-state index contributed by atoms with van der Waals surface area (Å²) in [6, 6.07) is 8.03. The SMILES string of the molecule is CNCc1cccnc1Oc1ccc(OC)cc1[N+](=O)[O-]. The smallest absolute Gasteiger partial charge is 0.315 e. The largest absolute Gasteiger partial charge is 0.496 e. The van der Waals surface area contributed by atoms with Gasteiger partial charge in [0.15, 0.2) is 0 Å². The number of nitro benzene ring substituents is 1. The number of nitrogens with one attached hydrogen (secondary N) is 1. The first kappa shape index (κ1) is 14.7. The molecule has 0 aliphatic rings. The monoisotopic (exact) mass is 289 g/mol. The molecule has 0 aliphatic carbocycles. The highest BCUT2D eigenvalue weighted by molar-refractivity contribution is 5.52. The molecule has 0 aliphatic heterocycles. The number of rotatable bonds is 6. The van der Waals surface area contributed by atoms with Crippen LogP contribution >= 0.6 is 0 Å². The molecule has 7 nitrogen and oxygen atoms in total. The van der Waals surface area contributed by atoms with E-state index in [1.54, 1.807) is 25.4 Å². The second-order valence-corrected chi connectivity index (χ2v) is 4.19. The van der Waals surface area contributed by atoms with Gasteiger partial charge in [-0.3, -0.25) is 10.1 Å². The molecule has 1 aromatic carbocycles. The number of methoxy groups -OCH3 is 1. The van der Waals surface area contributed by atoms with Crippen LogP contribution in [-0.2, 0) is 6.54 Å². The average molecular weight is 289 g/mol. The number of hydrogen-bond acceptors (Lipinski definition) is 6. The van der Waals surface area contributed by atoms with Gasteiger partial charge in [-0.25, -0.2) is 4.98 Å². The molecule has 0 spiro atoms.